The van der Waals surface area contributed by atoms with Crippen molar-refractivity contribution in [2.45, 2.75) is 51.7 Å². The fourth-order valence-electron chi connectivity index (χ4n) is 1.89. The molecule has 1 atom stereocenters. The van der Waals surface area contributed by atoms with Gasteiger partial charge in [0.2, 0.25) is 0 Å². The molecule has 0 aliphatic carbocycles. The number of rotatable bonds is 6. The maximum atomic E-state index is 12.8. The molecular weight excluding hydrogens is 319 g/mol. The number of benzene rings is 1. The molecule has 0 spiro atoms. The van der Waals surface area contributed by atoms with Crippen molar-refractivity contribution in [3.8, 4) is 0 Å². The monoisotopic (exact) mass is 337 g/mol. The van der Waals surface area contributed by atoms with Gasteiger partial charge < -0.3 is 5.32 Å². The van der Waals surface area contributed by atoms with E-state index in [9.17, 15) is 13.2 Å². The van der Waals surface area contributed by atoms with Crippen LogP contribution in [-0.2, 0) is 6.18 Å². The SMILES string of the molecule is CCCCCC(C)Nc1ccc(Br)c(C(F)(F)F)c1. The second-order valence-electron chi connectivity index (χ2n) is 4.73. The summed E-state index contributed by atoms with van der Waals surface area (Å²) in [6.07, 6.45) is 0.0178. The molecule has 0 saturated carbocycles. The molecule has 0 saturated heterocycles. The van der Waals surface area contributed by atoms with Crippen LogP contribution in [0.25, 0.3) is 0 Å². The zero-order valence-corrected chi connectivity index (χ0v) is 12.7. The summed E-state index contributed by atoms with van der Waals surface area (Å²) in [6.45, 7) is 4.12. The molecule has 1 aromatic rings. The van der Waals surface area contributed by atoms with E-state index in [4.69, 9.17) is 0 Å². The van der Waals surface area contributed by atoms with Crippen LogP contribution in [0.4, 0.5) is 18.9 Å². The molecule has 1 rings (SSSR count). The summed E-state index contributed by atoms with van der Waals surface area (Å²) in [5.41, 5.74) is -0.127. The Balaban J connectivity index is 2.69. The summed E-state index contributed by atoms with van der Waals surface area (Å²) in [5, 5.41) is 3.12. The van der Waals surface area contributed by atoms with Gasteiger partial charge in [-0.2, -0.15) is 13.2 Å². The first kappa shape index (κ1) is 16.3. The Labute approximate surface area is 120 Å². The molecule has 1 aromatic carbocycles. The molecule has 0 aromatic heterocycles. The lowest BCUT2D eigenvalue weighted by Crippen LogP contribution is -2.16. The molecule has 108 valence electrons. The molecule has 19 heavy (non-hydrogen) atoms. The number of alkyl halides is 3. The van der Waals surface area contributed by atoms with Crippen molar-refractivity contribution in [2.75, 3.05) is 5.32 Å². The second-order valence-corrected chi connectivity index (χ2v) is 5.59. The first-order valence-corrected chi connectivity index (χ1v) is 7.27. The highest BCUT2D eigenvalue weighted by Crippen LogP contribution is 2.36. The third-order valence-electron chi connectivity index (χ3n) is 2.93. The number of hydrogen-bond acceptors (Lipinski definition) is 1. The van der Waals surface area contributed by atoms with Crippen molar-refractivity contribution < 1.29 is 13.2 Å². The summed E-state index contributed by atoms with van der Waals surface area (Å²) >= 11 is 2.94. The first-order chi connectivity index (χ1) is 8.84. The highest BCUT2D eigenvalue weighted by Gasteiger charge is 2.33. The number of unbranched alkanes of at least 4 members (excludes halogenated alkanes) is 2. The van der Waals surface area contributed by atoms with E-state index in [-0.39, 0.29) is 10.5 Å². The Morgan fingerprint density at radius 1 is 1.26 bits per heavy atom. The predicted octanol–water partition coefficient (Wildman–Crippen LogP) is 5.85. The molecule has 0 radical (unpaired) electrons. The average Bonchev–Trinajstić information content (AvgIpc) is 2.30. The van der Waals surface area contributed by atoms with Crippen molar-refractivity contribution in [1.29, 1.82) is 0 Å². The van der Waals surface area contributed by atoms with Crippen molar-refractivity contribution in [2.24, 2.45) is 0 Å². The molecular formula is C14H19BrF3N. The number of halogens is 4. The van der Waals surface area contributed by atoms with E-state index in [1.807, 2.05) is 6.92 Å². The van der Waals surface area contributed by atoms with Gasteiger partial charge >= 0.3 is 6.18 Å². The lowest BCUT2D eigenvalue weighted by molar-refractivity contribution is -0.138. The van der Waals surface area contributed by atoms with Crippen LogP contribution in [0.3, 0.4) is 0 Å². The number of hydrogen-bond donors (Lipinski definition) is 1. The van der Waals surface area contributed by atoms with Crippen LogP contribution in [0.15, 0.2) is 22.7 Å². The fourth-order valence-corrected chi connectivity index (χ4v) is 2.36. The third-order valence-corrected chi connectivity index (χ3v) is 3.62. The van der Waals surface area contributed by atoms with Crippen LogP contribution in [0.5, 0.6) is 0 Å². The lowest BCUT2D eigenvalue weighted by atomic mass is 10.1. The highest BCUT2D eigenvalue weighted by molar-refractivity contribution is 9.10. The van der Waals surface area contributed by atoms with Gasteiger partial charge in [0.1, 0.15) is 0 Å². The van der Waals surface area contributed by atoms with Crippen LogP contribution in [-0.4, -0.2) is 6.04 Å². The highest BCUT2D eigenvalue weighted by atomic mass is 79.9. The summed E-state index contributed by atoms with van der Waals surface area (Å²) in [7, 11) is 0. The summed E-state index contributed by atoms with van der Waals surface area (Å²) in [6, 6.07) is 4.42. The van der Waals surface area contributed by atoms with Gasteiger partial charge in [0.25, 0.3) is 0 Å². The van der Waals surface area contributed by atoms with Crippen LogP contribution in [0.2, 0.25) is 0 Å². The van der Waals surface area contributed by atoms with E-state index < -0.39 is 11.7 Å². The fraction of sp³-hybridized carbons (Fsp3) is 0.571. The van der Waals surface area contributed by atoms with Gasteiger partial charge in [-0.15, -0.1) is 0 Å². The molecule has 0 bridgehead atoms. The van der Waals surface area contributed by atoms with Gasteiger partial charge in [-0.05, 0) is 31.5 Å². The average molecular weight is 338 g/mol. The Kier molecular flexibility index (Phi) is 6.17. The largest absolute Gasteiger partial charge is 0.417 e. The zero-order valence-electron chi connectivity index (χ0n) is 11.1. The van der Waals surface area contributed by atoms with Crippen molar-refractivity contribution >= 4 is 21.6 Å². The quantitative estimate of drug-likeness (QED) is 0.642. The smallest absolute Gasteiger partial charge is 0.383 e. The van der Waals surface area contributed by atoms with E-state index >= 15 is 0 Å². The standard InChI is InChI=1S/C14H19BrF3N/c1-3-4-5-6-10(2)19-11-7-8-13(15)12(9-11)14(16,17)18/h7-10,19H,3-6H2,1-2H3. The maximum Gasteiger partial charge on any atom is 0.417 e. The number of nitrogens with one attached hydrogen (secondary N) is 1. The normalized spacial score (nSPS) is 13.4. The summed E-state index contributed by atoms with van der Waals surface area (Å²) in [4.78, 5) is 0. The van der Waals surface area contributed by atoms with Crippen LogP contribution in [0, 0.1) is 0 Å². The summed E-state index contributed by atoms with van der Waals surface area (Å²) < 4.78 is 38.3. The molecule has 1 N–H and O–H groups in total. The Bertz CT molecular complexity index is 404. The molecule has 0 fully saturated rings. The summed E-state index contributed by atoms with van der Waals surface area (Å²) in [5.74, 6) is 0. The third kappa shape index (κ3) is 5.43. The Morgan fingerprint density at radius 2 is 1.95 bits per heavy atom. The minimum atomic E-state index is -4.33. The predicted molar refractivity (Wildman–Crippen MR) is 76.4 cm³/mol. The first-order valence-electron chi connectivity index (χ1n) is 6.48. The van der Waals surface area contributed by atoms with Crippen LogP contribution >= 0.6 is 15.9 Å². The lowest BCUT2D eigenvalue weighted by Gasteiger charge is -2.17. The van der Waals surface area contributed by atoms with Gasteiger partial charge in [0.15, 0.2) is 0 Å². The van der Waals surface area contributed by atoms with Gasteiger partial charge in [-0.25, -0.2) is 0 Å². The second kappa shape index (κ2) is 7.17. The van der Waals surface area contributed by atoms with E-state index in [1.165, 1.54) is 6.07 Å². The minimum absolute atomic E-state index is 0.0733. The molecule has 0 aliphatic rings. The number of anilines is 1. The maximum absolute atomic E-state index is 12.8. The van der Waals surface area contributed by atoms with Crippen LogP contribution in [0.1, 0.15) is 45.1 Å². The molecule has 0 amide bonds. The zero-order chi connectivity index (χ0) is 14.5. The molecule has 1 unspecified atom stereocenters. The van der Waals surface area contributed by atoms with Crippen LogP contribution < -0.4 is 5.32 Å². The van der Waals surface area contributed by atoms with Crippen molar-refractivity contribution in [3.05, 3.63) is 28.2 Å². The minimum Gasteiger partial charge on any atom is -0.383 e. The molecule has 5 heteroatoms. The van der Waals surface area contributed by atoms with Gasteiger partial charge in [0.05, 0.1) is 5.56 Å². The van der Waals surface area contributed by atoms with E-state index in [0.717, 1.165) is 31.7 Å². The molecule has 0 aliphatic heterocycles. The Hall–Kier alpha value is -0.710. The van der Waals surface area contributed by atoms with Crippen molar-refractivity contribution in [3.63, 3.8) is 0 Å². The van der Waals surface area contributed by atoms with E-state index in [1.54, 1.807) is 6.07 Å². The van der Waals surface area contributed by atoms with Gasteiger partial charge in [-0.1, -0.05) is 42.1 Å². The molecule has 0 heterocycles. The van der Waals surface area contributed by atoms with E-state index in [2.05, 4.69) is 28.2 Å². The van der Waals surface area contributed by atoms with E-state index in [0.29, 0.717) is 5.69 Å². The van der Waals surface area contributed by atoms with Gasteiger partial charge in [-0.3, -0.25) is 0 Å². The Morgan fingerprint density at radius 3 is 2.53 bits per heavy atom. The topological polar surface area (TPSA) is 12.0 Å². The van der Waals surface area contributed by atoms with Crippen molar-refractivity contribution in [1.82, 2.24) is 0 Å². The van der Waals surface area contributed by atoms with Gasteiger partial charge in [0, 0.05) is 16.2 Å². The molecule has 1 nitrogen and oxygen atoms in total.